The molecule has 1 aromatic heterocycles. The summed E-state index contributed by atoms with van der Waals surface area (Å²) < 4.78 is 7.51. The molecule has 5 nitrogen and oxygen atoms in total. The first kappa shape index (κ1) is 14.5. The van der Waals surface area contributed by atoms with Crippen LogP contribution in [0.5, 0.6) is 5.75 Å². The van der Waals surface area contributed by atoms with Gasteiger partial charge in [0.2, 0.25) is 0 Å². The van der Waals surface area contributed by atoms with E-state index in [0.717, 1.165) is 11.4 Å². The summed E-state index contributed by atoms with van der Waals surface area (Å²) in [6, 6.07) is 8.21. The van der Waals surface area contributed by atoms with Gasteiger partial charge in [0.1, 0.15) is 12.4 Å². The van der Waals surface area contributed by atoms with E-state index in [2.05, 4.69) is 43.2 Å². The van der Waals surface area contributed by atoms with Gasteiger partial charge in [0.15, 0.2) is 0 Å². The summed E-state index contributed by atoms with van der Waals surface area (Å²) in [5.74, 6) is 0.886. The maximum Gasteiger partial charge on any atom is 0.119 e. The fourth-order valence-corrected chi connectivity index (χ4v) is 1.85. The molecule has 0 bridgehead atoms. The molecule has 1 aromatic carbocycles. The monoisotopic (exact) mass is 274 g/mol. The van der Waals surface area contributed by atoms with E-state index in [1.165, 1.54) is 5.56 Å². The summed E-state index contributed by atoms with van der Waals surface area (Å²) in [5, 5.41) is 7.92. The topological polar surface area (TPSA) is 66.0 Å². The molecule has 2 N–H and O–H groups in total. The van der Waals surface area contributed by atoms with Gasteiger partial charge in [-0.2, -0.15) is 0 Å². The Kier molecular flexibility index (Phi) is 4.39. The van der Waals surface area contributed by atoms with Crippen LogP contribution in [0.15, 0.2) is 30.5 Å². The van der Waals surface area contributed by atoms with Crippen molar-refractivity contribution in [1.82, 2.24) is 15.0 Å². The Morgan fingerprint density at radius 2 is 2.10 bits per heavy atom. The van der Waals surface area contributed by atoms with Crippen molar-refractivity contribution in [2.75, 3.05) is 6.61 Å². The molecule has 0 fully saturated rings. The van der Waals surface area contributed by atoms with Crippen LogP contribution in [0.4, 0.5) is 0 Å². The van der Waals surface area contributed by atoms with Gasteiger partial charge in [-0.1, -0.05) is 38.1 Å². The van der Waals surface area contributed by atoms with Gasteiger partial charge in [-0.25, -0.2) is 4.68 Å². The molecule has 0 atom stereocenters. The van der Waals surface area contributed by atoms with Crippen molar-refractivity contribution in [2.45, 2.75) is 39.3 Å². The molecule has 0 aliphatic carbocycles. The molecule has 1 heterocycles. The van der Waals surface area contributed by atoms with Gasteiger partial charge < -0.3 is 10.5 Å². The van der Waals surface area contributed by atoms with Crippen molar-refractivity contribution < 1.29 is 4.74 Å². The van der Waals surface area contributed by atoms with Crippen LogP contribution in [0, 0.1) is 0 Å². The van der Waals surface area contributed by atoms with E-state index in [1.807, 2.05) is 18.3 Å². The molecule has 0 unspecified atom stereocenters. The highest BCUT2D eigenvalue weighted by Crippen LogP contribution is 2.25. The van der Waals surface area contributed by atoms with Crippen LogP contribution in [0.25, 0.3) is 0 Å². The van der Waals surface area contributed by atoms with Crippen LogP contribution >= 0.6 is 0 Å². The van der Waals surface area contributed by atoms with Crippen LogP contribution in [0.1, 0.15) is 32.0 Å². The molecule has 2 aromatic rings. The molecule has 0 saturated carbocycles. The maximum atomic E-state index is 5.77. The van der Waals surface area contributed by atoms with E-state index >= 15 is 0 Å². The molecule has 0 spiro atoms. The van der Waals surface area contributed by atoms with Gasteiger partial charge in [0.25, 0.3) is 0 Å². The van der Waals surface area contributed by atoms with Crippen molar-refractivity contribution in [3.8, 4) is 5.75 Å². The van der Waals surface area contributed by atoms with Gasteiger partial charge in [0.05, 0.1) is 12.2 Å². The first-order valence-electron chi connectivity index (χ1n) is 6.81. The molecule has 0 radical (unpaired) electrons. The summed E-state index contributed by atoms with van der Waals surface area (Å²) >= 11 is 0. The predicted molar refractivity (Wildman–Crippen MR) is 78.6 cm³/mol. The number of nitrogens with zero attached hydrogens (tertiary/aromatic N) is 3. The minimum atomic E-state index is 0.126. The first-order valence-corrected chi connectivity index (χ1v) is 6.81. The van der Waals surface area contributed by atoms with E-state index in [1.54, 1.807) is 4.68 Å². The van der Waals surface area contributed by atoms with Crippen LogP contribution in [-0.2, 0) is 18.5 Å². The molecule has 0 aliphatic heterocycles. The SMILES string of the molecule is CC(C)(C)c1cccc(OCCn2cc(CN)nn2)c1. The largest absolute Gasteiger partial charge is 0.492 e. The Morgan fingerprint density at radius 3 is 2.75 bits per heavy atom. The van der Waals surface area contributed by atoms with E-state index in [9.17, 15) is 0 Å². The third-order valence-corrected chi connectivity index (χ3v) is 3.08. The number of hydrogen-bond donors (Lipinski definition) is 1. The number of ether oxygens (including phenoxy) is 1. The second kappa shape index (κ2) is 6.05. The fourth-order valence-electron chi connectivity index (χ4n) is 1.85. The molecule has 5 heteroatoms. The second-order valence-electron chi connectivity index (χ2n) is 5.80. The van der Waals surface area contributed by atoms with E-state index < -0.39 is 0 Å². The average molecular weight is 274 g/mol. The summed E-state index contributed by atoms with van der Waals surface area (Å²) in [6.07, 6.45) is 1.84. The Morgan fingerprint density at radius 1 is 1.30 bits per heavy atom. The van der Waals surface area contributed by atoms with Crippen LogP contribution in [0.3, 0.4) is 0 Å². The molecule has 0 amide bonds. The van der Waals surface area contributed by atoms with Crippen molar-refractivity contribution in [1.29, 1.82) is 0 Å². The average Bonchev–Trinajstić information content (AvgIpc) is 2.86. The molecule has 20 heavy (non-hydrogen) atoms. The van der Waals surface area contributed by atoms with E-state index in [4.69, 9.17) is 10.5 Å². The molecule has 108 valence electrons. The lowest BCUT2D eigenvalue weighted by atomic mass is 9.87. The van der Waals surface area contributed by atoms with Gasteiger partial charge >= 0.3 is 0 Å². The number of benzene rings is 1. The lowest BCUT2D eigenvalue weighted by Gasteiger charge is -2.19. The van der Waals surface area contributed by atoms with Gasteiger partial charge in [0, 0.05) is 12.7 Å². The summed E-state index contributed by atoms with van der Waals surface area (Å²) in [5.41, 5.74) is 7.68. The zero-order valence-electron chi connectivity index (χ0n) is 12.3. The molecule has 0 aliphatic rings. The Bertz CT molecular complexity index is 557. The fraction of sp³-hybridized carbons (Fsp3) is 0.467. The van der Waals surface area contributed by atoms with Crippen LogP contribution in [-0.4, -0.2) is 21.6 Å². The van der Waals surface area contributed by atoms with Crippen molar-refractivity contribution >= 4 is 0 Å². The lowest BCUT2D eigenvalue weighted by molar-refractivity contribution is 0.289. The predicted octanol–water partition coefficient (Wildman–Crippen LogP) is 2.11. The van der Waals surface area contributed by atoms with Gasteiger partial charge in [-0.15, -0.1) is 5.10 Å². The highest BCUT2D eigenvalue weighted by Gasteiger charge is 2.13. The summed E-state index contributed by atoms with van der Waals surface area (Å²) in [7, 11) is 0. The zero-order chi connectivity index (χ0) is 14.6. The second-order valence-corrected chi connectivity index (χ2v) is 5.80. The van der Waals surface area contributed by atoms with E-state index in [0.29, 0.717) is 19.7 Å². The lowest BCUT2D eigenvalue weighted by Crippen LogP contribution is -2.12. The highest BCUT2D eigenvalue weighted by molar-refractivity contribution is 5.32. The minimum Gasteiger partial charge on any atom is -0.492 e. The Hall–Kier alpha value is -1.88. The number of hydrogen-bond acceptors (Lipinski definition) is 4. The third kappa shape index (κ3) is 3.81. The Labute approximate surface area is 119 Å². The Balaban J connectivity index is 1.91. The van der Waals surface area contributed by atoms with Gasteiger partial charge in [-0.3, -0.25) is 0 Å². The zero-order valence-corrected chi connectivity index (χ0v) is 12.3. The standard InChI is InChI=1S/C15H22N4O/c1-15(2,3)12-5-4-6-14(9-12)20-8-7-19-11-13(10-16)17-18-19/h4-6,9,11H,7-8,10,16H2,1-3H3. The van der Waals surface area contributed by atoms with Crippen molar-refractivity contribution in [2.24, 2.45) is 5.73 Å². The molecule has 2 rings (SSSR count). The number of aromatic nitrogens is 3. The number of nitrogens with two attached hydrogens (primary N) is 1. The summed E-state index contributed by atoms with van der Waals surface area (Å²) in [6.45, 7) is 8.20. The van der Waals surface area contributed by atoms with Crippen LogP contribution in [0.2, 0.25) is 0 Å². The third-order valence-electron chi connectivity index (χ3n) is 3.08. The van der Waals surface area contributed by atoms with Crippen molar-refractivity contribution in [3.05, 3.63) is 41.7 Å². The molecular formula is C15H22N4O. The van der Waals surface area contributed by atoms with Gasteiger partial charge in [-0.05, 0) is 23.1 Å². The molecule has 0 saturated heterocycles. The van der Waals surface area contributed by atoms with E-state index in [-0.39, 0.29) is 5.41 Å². The quantitative estimate of drug-likeness (QED) is 0.907. The van der Waals surface area contributed by atoms with Crippen LogP contribution < -0.4 is 10.5 Å². The maximum absolute atomic E-state index is 5.77. The highest BCUT2D eigenvalue weighted by atomic mass is 16.5. The number of rotatable bonds is 5. The smallest absolute Gasteiger partial charge is 0.119 e. The minimum absolute atomic E-state index is 0.126. The first-order chi connectivity index (χ1) is 9.49. The summed E-state index contributed by atoms with van der Waals surface area (Å²) in [4.78, 5) is 0. The normalized spacial score (nSPS) is 11.6. The molecular weight excluding hydrogens is 252 g/mol. The van der Waals surface area contributed by atoms with Crippen molar-refractivity contribution in [3.63, 3.8) is 0 Å².